The first kappa shape index (κ1) is 30.7. The van der Waals surface area contributed by atoms with Crippen LogP contribution < -0.4 is 14.8 Å². The SMILES string of the molecule is Cc1cccnc1N(C)C(=O)OC(C)[n+]1cnn(CC(c2cc(F)ccc2F)C(C)C2NC(c3ccc(C#N)cc3)=CS2)c1. The van der Waals surface area contributed by atoms with E-state index in [1.54, 1.807) is 65.7 Å². The summed E-state index contributed by atoms with van der Waals surface area (Å²) in [7, 11) is 1.59. The predicted molar refractivity (Wildman–Crippen MR) is 163 cm³/mol. The van der Waals surface area contributed by atoms with Crippen molar-refractivity contribution in [3.8, 4) is 6.07 Å². The molecule has 5 rings (SSSR count). The third-order valence-electron chi connectivity index (χ3n) is 7.67. The number of nitriles is 1. The van der Waals surface area contributed by atoms with Crippen LogP contribution in [0.5, 0.6) is 0 Å². The van der Waals surface area contributed by atoms with Gasteiger partial charge in [0.25, 0.3) is 6.33 Å². The number of nitrogens with one attached hydrogen (secondary N) is 1. The number of benzene rings is 2. The highest BCUT2D eigenvalue weighted by Crippen LogP contribution is 2.39. The highest BCUT2D eigenvalue weighted by Gasteiger charge is 2.34. The Bertz CT molecular complexity index is 1720. The molecule has 0 spiro atoms. The molecular weight excluding hydrogens is 584 g/mol. The quantitative estimate of drug-likeness (QED) is 0.234. The molecule has 0 aliphatic carbocycles. The van der Waals surface area contributed by atoms with Crippen molar-refractivity contribution in [1.82, 2.24) is 20.1 Å². The molecule has 3 heterocycles. The highest BCUT2D eigenvalue weighted by molar-refractivity contribution is 8.03. The van der Waals surface area contributed by atoms with E-state index in [1.807, 2.05) is 37.5 Å². The largest absolute Gasteiger partial charge is 0.418 e. The topological polar surface area (TPSA) is 100.0 Å². The number of halogens is 2. The monoisotopic (exact) mass is 616 g/mol. The summed E-state index contributed by atoms with van der Waals surface area (Å²) in [5, 5.41) is 18.9. The lowest BCUT2D eigenvalue weighted by Gasteiger charge is -2.28. The number of carbonyl (C=O) groups excluding carboxylic acids is 1. The Morgan fingerprint density at radius 3 is 2.73 bits per heavy atom. The fraction of sp³-hybridized carbons (Fsp3) is 0.281. The van der Waals surface area contributed by atoms with Crippen LogP contribution in [-0.2, 0) is 11.3 Å². The lowest BCUT2D eigenvalue weighted by atomic mass is 9.86. The zero-order valence-corrected chi connectivity index (χ0v) is 25.5. The lowest BCUT2D eigenvalue weighted by Crippen LogP contribution is -2.41. The summed E-state index contributed by atoms with van der Waals surface area (Å²) in [5.41, 5.74) is 3.48. The predicted octanol–water partition coefficient (Wildman–Crippen LogP) is 5.90. The van der Waals surface area contributed by atoms with Crippen LogP contribution in [0.15, 0.2) is 78.9 Å². The number of ether oxygens (including phenoxy) is 1. The van der Waals surface area contributed by atoms with Gasteiger partial charge in [-0.15, -0.1) is 16.4 Å². The average Bonchev–Trinajstić information content (AvgIpc) is 3.71. The highest BCUT2D eigenvalue weighted by atomic mass is 32.2. The van der Waals surface area contributed by atoms with Crippen LogP contribution in [0.25, 0.3) is 5.70 Å². The summed E-state index contributed by atoms with van der Waals surface area (Å²) in [5.74, 6) is -1.16. The Morgan fingerprint density at radius 2 is 2.00 bits per heavy atom. The van der Waals surface area contributed by atoms with Gasteiger partial charge >= 0.3 is 6.09 Å². The first-order valence-corrected chi connectivity index (χ1v) is 15.0. The van der Waals surface area contributed by atoms with Crippen molar-refractivity contribution in [2.24, 2.45) is 5.92 Å². The number of aromatic nitrogens is 4. The molecule has 12 heteroatoms. The van der Waals surface area contributed by atoms with Crippen LogP contribution in [-0.4, -0.2) is 33.3 Å². The number of pyridine rings is 1. The van der Waals surface area contributed by atoms with E-state index >= 15 is 4.39 Å². The van der Waals surface area contributed by atoms with Gasteiger partial charge in [-0.1, -0.05) is 25.1 Å². The minimum atomic E-state index is -0.698. The van der Waals surface area contributed by atoms with Crippen LogP contribution in [0.3, 0.4) is 0 Å². The normalized spacial score (nSPS) is 16.3. The molecule has 0 radical (unpaired) electrons. The van der Waals surface area contributed by atoms with Gasteiger partial charge in [-0.05, 0) is 71.3 Å². The van der Waals surface area contributed by atoms with E-state index in [9.17, 15) is 9.18 Å². The van der Waals surface area contributed by atoms with E-state index < -0.39 is 29.9 Å². The first-order valence-electron chi connectivity index (χ1n) is 14.0. The molecule has 0 saturated carbocycles. The maximum absolute atomic E-state index is 15.2. The van der Waals surface area contributed by atoms with Crippen molar-refractivity contribution in [2.45, 2.75) is 44.8 Å². The third kappa shape index (κ3) is 6.73. The van der Waals surface area contributed by atoms with Crippen LogP contribution >= 0.6 is 11.8 Å². The molecule has 0 bridgehead atoms. The zero-order chi connectivity index (χ0) is 31.4. The fourth-order valence-electron chi connectivity index (χ4n) is 5.08. The first-order chi connectivity index (χ1) is 21.1. The van der Waals surface area contributed by atoms with Crippen molar-refractivity contribution < 1.29 is 22.9 Å². The molecular formula is C32H32F2N7O2S+. The molecule has 1 amide bonds. The van der Waals surface area contributed by atoms with Crippen LogP contribution in [0.1, 0.15) is 48.2 Å². The van der Waals surface area contributed by atoms with E-state index in [1.165, 1.54) is 17.3 Å². The van der Waals surface area contributed by atoms with Gasteiger partial charge in [0.05, 0.1) is 17.0 Å². The molecule has 4 atom stereocenters. The Labute approximate surface area is 258 Å². The number of anilines is 1. The maximum atomic E-state index is 15.2. The van der Waals surface area contributed by atoms with Gasteiger partial charge in [0.2, 0.25) is 12.6 Å². The van der Waals surface area contributed by atoms with Crippen molar-refractivity contribution in [1.29, 1.82) is 5.26 Å². The van der Waals surface area contributed by atoms with Crippen LogP contribution in [0.4, 0.5) is 19.4 Å². The minimum Gasteiger partial charge on any atom is -0.412 e. The Hall–Kier alpha value is -4.76. The summed E-state index contributed by atoms with van der Waals surface area (Å²) in [6.07, 6.45) is 3.53. The standard InChI is InChI=1S/C32H32F2N7O2S/c1-20-6-5-13-36-30(20)39(4)32(42)43-22(3)40-18-37-41(19-40)16-27(26-14-25(33)11-12-28(26)34)21(2)31-38-29(17-44-31)24-9-7-23(15-35)8-10-24/h5-14,17-19,21-22,27,31,38H,16H2,1-4H3/q+1. The molecule has 9 nitrogen and oxygen atoms in total. The molecule has 0 saturated heterocycles. The van der Waals surface area contributed by atoms with Gasteiger partial charge in [-0.25, -0.2) is 18.6 Å². The van der Waals surface area contributed by atoms with Gasteiger partial charge in [0, 0.05) is 36.9 Å². The molecule has 2 aromatic carbocycles. The molecule has 1 N–H and O–H groups in total. The maximum Gasteiger partial charge on any atom is 0.418 e. The minimum absolute atomic E-state index is 0.138. The number of amides is 1. The second kappa shape index (κ2) is 13.3. The van der Waals surface area contributed by atoms with Gasteiger partial charge in [-0.3, -0.25) is 4.90 Å². The summed E-state index contributed by atoms with van der Waals surface area (Å²) < 4.78 is 38.5. The third-order valence-corrected chi connectivity index (χ3v) is 8.89. The summed E-state index contributed by atoms with van der Waals surface area (Å²) in [4.78, 5) is 18.4. The van der Waals surface area contributed by atoms with Crippen molar-refractivity contribution in [2.75, 3.05) is 11.9 Å². The van der Waals surface area contributed by atoms with E-state index in [4.69, 9.17) is 10.00 Å². The van der Waals surface area contributed by atoms with Gasteiger partial charge in [-0.2, -0.15) is 9.83 Å². The molecule has 4 unspecified atom stereocenters. The second-order valence-corrected chi connectivity index (χ2v) is 11.7. The van der Waals surface area contributed by atoms with Crippen molar-refractivity contribution in [3.05, 3.63) is 113 Å². The Morgan fingerprint density at radius 1 is 1.23 bits per heavy atom. The van der Waals surface area contributed by atoms with E-state index in [2.05, 4.69) is 21.5 Å². The van der Waals surface area contributed by atoms with E-state index in [-0.39, 0.29) is 23.4 Å². The van der Waals surface area contributed by atoms with Gasteiger partial charge < -0.3 is 10.1 Å². The molecule has 44 heavy (non-hydrogen) atoms. The zero-order valence-electron chi connectivity index (χ0n) is 24.7. The number of aryl methyl sites for hydroxylation is 1. The average molecular weight is 617 g/mol. The molecule has 1 aliphatic rings. The molecule has 1 aliphatic heterocycles. The number of hydrogen-bond donors (Lipinski definition) is 1. The molecule has 4 aromatic rings. The smallest absolute Gasteiger partial charge is 0.412 e. The van der Waals surface area contributed by atoms with E-state index in [0.29, 0.717) is 11.4 Å². The number of hydrogen-bond acceptors (Lipinski definition) is 7. The van der Waals surface area contributed by atoms with Crippen LogP contribution in [0, 0.1) is 35.8 Å². The second-order valence-electron chi connectivity index (χ2n) is 10.7. The lowest BCUT2D eigenvalue weighted by molar-refractivity contribution is -0.753. The number of rotatable bonds is 9. The molecule has 2 aromatic heterocycles. The summed E-state index contributed by atoms with van der Waals surface area (Å²) in [6, 6.07) is 16.5. The van der Waals surface area contributed by atoms with Crippen molar-refractivity contribution in [3.63, 3.8) is 0 Å². The van der Waals surface area contributed by atoms with Crippen molar-refractivity contribution >= 4 is 29.4 Å². The van der Waals surface area contributed by atoms with Crippen LogP contribution in [0.2, 0.25) is 0 Å². The fourth-order valence-corrected chi connectivity index (χ4v) is 6.19. The van der Waals surface area contributed by atoms with E-state index in [0.717, 1.165) is 29.0 Å². The van der Waals surface area contributed by atoms with Gasteiger partial charge in [0.15, 0.2) is 0 Å². The Balaban J connectivity index is 1.32. The molecule has 0 fully saturated rings. The van der Waals surface area contributed by atoms with Gasteiger partial charge in [0.1, 0.15) is 24.0 Å². The Kier molecular flexibility index (Phi) is 9.25. The number of carbonyl (C=O) groups is 1. The summed E-state index contributed by atoms with van der Waals surface area (Å²) in [6.45, 7) is 5.81. The number of nitrogens with zero attached hydrogens (tertiary/aromatic N) is 6. The summed E-state index contributed by atoms with van der Waals surface area (Å²) >= 11 is 1.57. The number of thioether (sulfide) groups is 1. The molecule has 226 valence electrons.